The zero-order valence-electron chi connectivity index (χ0n) is 9.60. The zero-order valence-corrected chi connectivity index (χ0v) is 11.8. The normalized spacial score (nSPS) is 12.5. The van der Waals surface area contributed by atoms with Crippen molar-refractivity contribution in [3.63, 3.8) is 0 Å². The van der Waals surface area contributed by atoms with Gasteiger partial charge in [0.2, 0.25) is 0 Å². The lowest BCUT2D eigenvalue weighted by molar-refractivity contribution is 0.587. The van der Waals surface area contributed by atoms with E-state index in [-0.39, 0.29) is 0 Å². The summed E-state index contributed by atoms with van der Waals surface area (Å²) in [6.45, 7) is 8.21. The second kappa shape index (κ2) is 5.66. The van der Waals surface area contributed by atoms with Crippen LogP contribution in [0, 0.1) is 10.5 Å². The maximum absolute atomic E-state index is 3.98. The number of hydrogen-bond donors (Lipinski definition) is 1. The first-order valence-corrected chi connectivity index (χ1v) is 6.20. The van der Waals surface area contributed by atoms with Crippen LogP contribution < -0.4 is 5.32 Å². The third-order valence-corrected chi connectivity index (χ3v) is 3.97. The SMILES string of the molecule is C=C(C)CC(NC)c1cccc(C)c1I. The van der Waals surface area contributed by atoms with Gasteiger partial charge in [-0.3, -0.25) is 0 Å². The molecular weight excluding hydrogens is 297 g/mol. The predicted molar refractivity (Wildman–Crippen MR) is 75.1 cm³/mol. The Bertz CT molecular complexity index is 358. The Balaban J connectivity index is 3.01. The van der Waals surface area contributed by atoms with E-state index in [2.05, 4.69) is 66.5 Å². The van der Waals surface area contributed by atoms with Gasteiger partial charge >= 0.3 is 0 Å². The summed E-state index contributed by atoms with van der Waals surface area (Å²) in [6, 6.07) is 6.85. The van der Waals surface area contributed by atoms with E-state index in [1.54, 1.807) is 0 Å². The maximum atomic E-state index is 3.98. The summed E-state index contributed by atoms with van der Waals surface area (Å²) in [5, 5.41) is 3.35. The molecule has 0 aromatic heterocycles. The quantitative estimate of drug-likeness (QED) is 0.658. The maximum Gasteiger partial charge on any atom is 0.0365 e. The Morgan fingerprint density at radius 1 is 1.53 bits per heavy atom. The number of aryl methyl sites for hydroxylation is 1. The number of nitrogens with one attached hydrogen (secondary N) is 1. The largest absolute Gasteiger partial charge is 0.313 e. The molecule has 1 nitrogen and oxygen atoms in total. The van der Waals surface area contributed by atoms with Gasteiger partial charge in [0.25, 0.3) is 0 Å². The van der Waals surface area contributed by atoms with Gasteiger partial charge in [-0.05, 0) is 61.0 Å². The standard InChI is InChI=1S/C13H18IN/c1-9(2)8-12(15-4)11-7-5-6-10(3)13(11)14/h5-7,12,15H,1,8H2,2-4H3. The lowest BCUT2D eigenvalue weighted by Crippen LogP contribution is -2.18. The van der Waals surface area contributed by atoms with Crippen molar-refractivity contribution in [2.24, 2.45) is 0 Å². The molecule has 1 N–H and O–H groups in total. The van der Waals surface area contributed by atoms with Crippen LogP contribution in [0.5, 0.6) is 0 Å². The van der Waals surface area contributed by atoms with Crippen LogP contribution in [0.2, 0.25) is 0 Å². The molecule has 15 heavy (non-hydrogen) atoms. The lowest BCUT2D eigenvalue weighted by atomic mass is 9.99. The monoisotopic (exact) mass is 315 g/mol. The molecule has 0 bridgehead atoms. The van der Waals surface area contributed by atoms with Crippen LogP contribution in [0.25, 0.3) is 0 Å². The summed E-state index contributed by atoms with van der Waals surface area (Å²) in [5.74, 6) is 0. The smallest absolute Gasteiger partial charge is 0.0365 e. The Kier molecular flexibility index (Phi) is 4.80. The van der Waals surface area contributed by atoms with Crippen molar-refractivity contribution < 1.29 is 0 Å². The highest BCUT2D eigenvalue weighted by atomic mass is 127. The molecule has 0 fully saturated rings. The van der Waals surface area contributed by atoms with E-state index in [9.17, 15) is 0 Å². The molecule has 0 spiro atoms. The molecule has 1 rings (SSSR count). The summed E-state index contributed by atoms with van der Waals surface area (Å²) in [4.78, 5) is 0. The van der Waals surface area contributed by atoms with Crippen LogP contribution in [-0.4, -0.2) is 7.05 Å². The van der Waals surface area contributed by atoms with E-state index >= 15 is 0 Å². The summed E-state index contributed by atoms with van der Waals surface area (Å²) in [7, 11) is 2.01. The van der Waals surface area contributed by atoms with Crippen molar-refractivity contribution in [2.45, 2.75) is 26.3 Å². The Hall–Kier alpha value is -0.350. The summed E-state index contributed by atoms with van der Waals surface area (Å²) >= 11 is 2.42. The first-order valence-electron chi connectivity index (χ1n) is 5.13. The molecule has 0 saturated carbocycles. The molecule has 82 valence electrons. The van der Waals surface area contributed by atoms with Crippen LogP contribution in [0.1, 0.15) is 30.5 Å². The fraction of sp³-hybridized carbons (Fsp3) is 0.385. The van der Waals surface area contributed by atoms with E-state index < -0.39 is 0 Å². The van der Waals surface area contributed by atoms with Crippen LogP contribution in [0.3, 0.4) is 0 Å². The minimum atomic E-state index is 0.384. The van der Waals surface area contributed by atoms with Gasteiger partial charge in [0, 0.05) is 9.61 Å². The topological polar surface area (TPSA) is 12.0 Å². The molecule has 0 aliphatic carbocycles. The van der Waals surface area contributed by atoms with Crippen molar-refractivity contribution in [3.05, 3.63) is 45.0 Å². The van der Waals surface area contributed by atoms with Crippen molar-refractivity contribution in [1.29, 1.82) is 0 Å². The minimum absolute atomic E-state index is 0.384. The Labute approximate surface area is 106 Å². The summed E-state index contributed by atoms with van der Waals surface area (Å²) < 4.78 is 1.36. The van der Waals surface area contributed by atoms with E-state index in [0.717, 1.165) is 6.42 Å². The fourth-order valence-corrected chi connectivity index (χ4v) is 2.39. The van der Waals surface area contributed by atoms with Gasteiger partial charge in [0.15, 0.2) is 0 Å². The van der Waals surface area contributed by atoms with Crippen molar-refractivity contribution in [1.82, 2.24) is 5.32 Å². The van der Waals surface area contributed by atoms with Crippen LogP contribution in [-0.2, 0) is 0 Å². The van der Waals surface area contributed by atoms with E-state index in [4.69, 9.17) is 0 Å². The third-order valence-electron chi connectivity index (χ3n) is 2.50. The van der Waals surface area contributed by atoms with E-state index in [1.807, 2.05) is 7.05 Å². The van der Waals surface area contributed by atoms with Gasteiger partial charge in [-0.1, -0.05) is 23.8 Å². The van der Waals surface area contributed by atoms with Gasteiger partial charge in [-0.25, -0.2) is 0 Å². The van der Waals surface area contributed by atoms with Gasteiger partial charge < -0.3 is 5.32 Å². The fourth-order valence-electron chi connectivity index (χ4n) is 1.66. The summed E-state index contributed by atoms with van der Waals surface area (Å²) in [5.41, 5.74) is 3.93. The summed E-state index contributed by atoms with van der Waals surface area (Å²) in [6.07, 6.45) is 0.996. The van der Waals surface area contributed by atoms with Gasteiger partial charge in [-0.2, -0.15) is 0 Å². The van der Waals surface area contributed by atoms with Gasteiger partial charge in [0.05, 0.1) is 0 Å². The van der Waals surface area contributed by atoms with Crippen LogP contribution in [0.4, 0.5) is 0 Å². The average Bonchev–Trinajstić information content (AvgIpc) is 2.19. The number of halogens is 1. The van der Waals surface area contributed by atoms with E-state index in [1.165, 1.54) is 20.3 Å². The van der Waals surface area contributed by atoms with Gasteiger partial charge in [0.1, 0.15) is 0 Å². The number of hydrogen-bond acceptors (Lipinski definition) is 1. The van der Waals surface area contributed by atoms with Crippen molar-refractivity contribution >= 4 is 22.6 Å². The first-order chi connectivity index (χ1) is 7.06. The molecule has 0 amide bonds. The molecule has 0 saturated heterocycles. The molecule has 1 unspecified atom stereocenters. The molecular formula is C13H18IN. The highest BCUT2D eigenvalue weighted by molar-refractivity contribution is 14.1. The second-order valence-electron chi connectivity index (χ2n) is 3.98. The highest BCUT2D eigenvalue weighted by Crippen LogP contribution is 2.26. The lowest BCUT2D eigenvalue weighted by Gasteiger charge is -2.19. The van der Waals surface area contributed by atoms with Crippen LogP contribution in [0.15, 0.2) is 30.4 Å². The van der Waals surface area contributed by atoms with E-state index in [0.29, 0.717) is 6.04 Å². The van der Waals surface area contributed by atoms with Crippen LogP contribution >= 0.6 is 22.6 Å². The Morgan fingerprint density at radius 2 is 2.20 bits per heavy atom. The zero-order chi connectivity index (χ0) is 11.4. The number of benzene rings is 1. The molecule has 0 aliphatic rings. The van der Waals surface area contributed by atoms with Crippen molar-refractivity contribution in [2.75, 3.05) is 7.05 Å². The molecule has 1 aromatic rings. The molecule has 0 radical (unpaired) electrons. The number of rotatable bonds is 4. The minimum Gasteiger partial charge on any atom is -0.313 e. The predicted octanol–water partition coefficient (Wildman–Crippen LogP) is 3.83. The Morgan fingerprint density at radius 3 is 2.73 bits per heavy atom. The molecule has 0 aliphatic heterocycles. The second-order valence-corrected chi connectivity index (χ2v) is 5.06. The first kappa shape index (κ1) is 12.7. The molecule has 1 aromatic carbocycles. The molecule has 0 heterocycles. The highest BCUT2D eigenvalue weighted by Gasteiger charge is 2.13. The average molecular weight is 315 g/mol. The molecule has 1 atom stereocenters. The molecule has 2 heteroatoms. The van der Waals surface area contributed by atoms with Crippen molar-refractivity contribution in [3.8, 4) is 0 Å². The van der Waals surface area contributed by atoms with Gasteiger partial charge in [-0.15, -0.1) is 6.58 Å². The third kappa shape index (κ3) is 3.31.